The van der Waals surface area contributed by atoms with E-state index in [0.29, 0.717) is 17.9 Å². The van der Waals surface area contributed by atoms with Crippen LogP contribution < -0.4 is 0 Å². The number of hydrogen-bond donors (Lipinski definition) is 0. The molecule has 1 aliphatic rings. The summed E-state index contributed by atoms with van der Waals surface area (Å²) >= 11 is 0. The quantitative estimate of drug-likeness (QED) is 0.811. The van der Waals surface area contributed by atoms with Crippen molar-refractivity contribution in [1.82, 2.24) is 23.9 Å². The summed E-state index contributed by atoms with van der Waals surface area (Å²) < 4.78 is 36.6. The zero-order valence-electron chi connectivity index (χ0n) is 13.7. The van der Waals surface area contributed by atoms with Crippen LogP contribution in [0.15, 0.2) is 17.2 Å². The Labute approximate surface area is 135 Å². The summed E-state index contributed by atoms with van der Waals surface area (Å²) in [6.45, 7) is 4.58. The third-order valence-corrected chi connectivity index (χ3v) is 6.37. The molecule has 2 aromatic heterocycles. The molecule has 0 fully saturated rings. The van der Waals surface area contributed by atoms with E-state index in [9.17, 15) is 8.42 Å². The van der Waals surface area contributed by atoms with E-state index in [4.69, 9.17) is 4.74 Å². The summed E-state index contributed by atoms with van der Waals surface area (Å²) in [6.07, 6.45) is 1.43. The minimum atomic E-state index is -3.66. The monoisotopic (exact) mass is 339 g/mol. The van der Waals surface area contributed by atoms with Crippen LogP contribution in [-0.4, -0.2) is 52.0 Å². The molecule has 0 spiro atoms. The molecule has 0 saturated carbocycles. The van der Waals surface area contributed by atoms with Gasteiger partial charge in [-0.25, -0.2) is 8.42 Å². The molecule has 9 heteroatoms. The van der Waals surface area contributed by atoms with Gasteiger partial charge in [-0.1, -0.05) is 0 Å². The molecule has 8 nitrogen and oxygen atoms in total. The highest BCUT2D eigenvalue weighted by Gasteiger charge is 2.34. The van der Waals surface area contributed by atoms with Crippen LogP contribution in [-0.2, 0) is 34.9 Å². The van der Waals surface area contributed by atoms with E-state index in [-0.39, 0.29) is 24.1 Å². The summed E-state index contributed by atoms with van der Waals surface area (Å²) in [5, 5.41) is 8.47. The van der Waals surface area contributed by atoms with Gasteiger partial charge in [0.05, 0.1) is 36.3 Å². The van der Waals surface area contributed by atoms with Gasteiger partial charge in [0.15, 0.2) is 0 Å². The molecule has 0 radical (unpaired) electrons. The summed E-state index contributed by atoms with van der Waals surface area (Å²) in [7, 11) is -0.326. The number of methoxy groups -OCH3 is 1. The first-order valence-corrected chi connectivity index (χ1v) is 8.82. The average Bonchev–Trinajstić information content (AvgIpc) is 2.96. The van der Waals surface area contributed by atoms with Crippen molar-refractivity contribution in [2.45, 2.75) is 37.9 Å². The molecule has 2 aromatic rings. The number of aryl methyl sites for hydroxylation is 2. The molecule has 0 unspecified atom stereocenters. The number of nitrogens with zero attached hydrogens (tertiary/aromatic N) is 5. The number of rotatable bonds is 3. The van der Waals surface area contributed by atoms with Gasteiger partial charge in [-0.15, -0.1) is 0 Å². The second-order valence-electron chi connectivity index (χ2n) is 5.78. The molecule has 1 aliphatic heterocycles. The Morgan fingerprint density at radius 2 is 2.04 bits per heavy atom. The molecule has 0 amide bonds. The highest BCUT2D eigenvalue weighted by atomic mass is 32.2. The van der Waals surface area contributed by atoms with Crippen LogP contribution >= 0.6 is 0 Å². The third kappa shape index (κ3) is 2.68. The Balaban J connectivity index is 2.05. The molecule has 0 aliphatic carbocycles. The number of hydrogen-bond acceptors (Lipinski definition) is 5. The van der Waals surface area contributed by atoms with E-state index >= 15 is 0 Å². The Bertz CT molecular complexity index is 824. The Hall–Kier alpha value is -1.71. The average molecular weight is 339 g/mol. The van der Waals surface area contributed by atoms with E-state index in [1.807, 2.05) is 6.07 Å². The fourth-order valence-corrected chi connectivity index (χ4v) is 4.81. The van der Waals surface area contributed by atoms with Crippen LogP contribution in [0.25, 0.3) is 0 Å². The van der Waals surface area contributed by atoms with Crippen molar-refractivity contribution < 1.29 is 13.2 Å². The van der Waals surface area contributed by atoms with Gasteiger partial charge in [0, 0.05) is 26.9 Å². The normalized spacial score (nSPS) is 19.6. The van der Waals surface area contributed by atoms with Crippen LogP contribution in [0.4, 0.5) is 0 Å². The first kappa shape index (κ1) is 16.2. The number of sulfonamides is 1. The van der Waals surface area contributed by atoms with Gasteiger partial charge < -0.3 is 4.74 Å². The van der Waals surface area contributed by atoms with Gasteiger partial charge in [-0.2, -0.15) is 14.5 Å². The third-order valence-electron chi connectivity index (χ3n) is 4.30. The number of fused-ring (bicyclic) bond motifs is 1. The van der Waals surface area contributed by atoms with Crippen molar-refractivity contribution in [3.63, 3.8) is 0 Å². The van der Waals surface area contributed by atoms with E-state index in [1.54, 1.807) is 43.6 Å². The van der Waals surface area contributed by atoms with Gasteiger partial charge in [0.1, 0.15) is 4.90 Å². The van der Waals surface area contributed by atoms with Crippen molar-refractivity contribution >= 4 is 10.0 Å². The lowest BCUT2D eigenvalue weighted by atomic mass is 10.3. The molecule has 0 saturated heterocycles. The van der Waals surface area contributed by atoms with Crippen LogP contribution in [0.2, 0.25) is 0 Å². The summed E-state index contributed by atoms with van der Waals surface area (Å²) in [5.41, 5.74) is 2.00. The fourth-order valence-electron chi connectivity index (χ4n) is 2.97. The fraction of sp³-hybridized carbons (Fsp3) is 0.571. The molecular formula is C14H21N5O3S. The van der Waals surface area contributed by atoms with Crippen molar-refractivity contribution in [3.05, 3.63) is 29.3 Å². The van der Waals surface area contributed by atoms with Crippen molar-refractivity contribution in [1.29, 1.82) is 0 Å². The molecular weight excluding hydrogens is 318 g/mol. The van der Waals surface area contributed by atoms with E-state index < -0.39 is 10.0 Å². The second kappa shape index (κ2) is 5.73. The van der Waals surface area contributed by atoms with Crippen molar-refractivity contribution in [3.8, 4) is 0 Å². The van der Waals surface area contributed by atoms with Crippen LogP contribution in [0.1, 0.15) is 17.1 Å². The lowest BCUT2D eigenvalue weighted by Crippen LogP contribution is -2.37. The number of aromatic nitrogens is 4. The summed E-state index contributed by atoms with van der Waals surface area (Å²) in [5.74, 6) is 0. The molecule has 0 N–H and O–H groups in total. The predicted octanol–water partition coefficient (Wildman–Crippen LogP) is 0.453. The smallest absolute Gasteiger partial charge is 0.247 e. The lowest BCUT2D eigenvalue weighted by molar-refractivity contribution is 0.0746. The van der Waals surface area contributed by atoms with E-state index in [1.165, 1.54) is 4.31 Å². The van der Waals surface area contributed by atoms with Crippen LogP contribution in [0.3, 0.4) is 0 Å². The Morgan fingerprint density at radius 1 is 1.30 bits per heavy atom. The molecule has 1 atom stereocenters. The molecule has 0 bridgehead atoms. The minimum Gasteiger partial charge on any atom is -0.378 e. The van der Waals surface area contributed by atoms with Crippen LogP contribution in [0.5, 0.6) is 0 Å². The van der Waals surface area contributed by atoms with Gasteiger partial charge >= 0.3 is 0 Å². The second-order valence-corrected chi connectivity index (χ2v) is 7.66. The highest BCUT2D eigenvalue weighted by molar-refractivity contribution is 7.89. The SMILES string of the molecule is CO[C@@H]1CN(S(=O)(=O)c2c(C)nn(C)c2C)Cc2ccnn2C1. The zero-order chi connectivity index (χ0) is 16.8. The van der Waals surface area contributed by atoms with Gasteiger partial charge in [0.25, 0.3) is 0 Å². The van der Waals surface area contributed by atoms with Gasteiger partial charge in [-0.3, -0.25) is 9.36 Å². The number of ether oxygens (including phenoxy) is 1. The van der Waals surface area contributed by atoms with E-state index in [0.717, 1.165) is 5.69 Å². The minimum absolute atomic E-state index is 0.247. The van der Waals surface area contributed by atoms with Crippen molar-refractivity contribution in [2.75, 3.05) is 13.7 Å². The predicted molar refractivity (Wildman–Crippen MR) is 83.3 cm³/mol. The van der Waals surface area contributed by atoms with Gasteiger partial charge in [-0.05, 0) is 19.9 Å². The molecule has 3 rings (SSSR count). The Kier molecular flexibility index (Phi) is 4.03. The Morgan fingerprint density at radius 3 is 2.65 bits per heavy atom. The topological polar surface area (TPSA) is 82.2 Å². The molecule has 0 aromatic carbocycles. The lowest BCUT2D eigenvalue weighted by Gasteiger charge is -2.23. The standard InChI is InChI=1S/C14H21N5O3S/c1-10-14(11(2)17(3)16-10)23(20,21)18-7-12-5-6-15-19(12)9-13(8-18)22-4/h5-6,13H,7-9H2,1-4H3/t13-/m1/s1. The first-order chi connectivity index (χ1) is 10.8. The highest BCUT2D eigenvalue weighted by Crippen LogP contribution is 2.26. The maximum absolute atomic E-state index is 13.2. The molecule has 3 heterocycles. The summed E-state index contributed by atoms with van der Waals surface area (Å²) in [6, 6.07) is 1.84. The maximum atomic E-state index is 13.2. The first-order valence-electron chi connectivity index (χ1n) is 7.38. The van der Waals surface area contributed by atoms with E-state index in [2.05, 4.69) is 10.2 Å². The van der Waals surface area contributed by atoms with Crippen LogP contribution in [0, 0.1) is 13.8 Å². The zero-order valence-corrected chi connectivity index (χ0v) is 14.5. The summed E-state index contributed by atoms with van der Waals surface area (Å²) in [4.78, 5) is 0.280. The van der Waals surface area contributed by atoms with Gasteiger partial charge in [0.2, 0.25) is 10.0 Å². The van der Waals surface area contributed by atoms with Crippen molar-refractivity contribution in [2.24, 2.45) is 7.05 Å². The maximum Gasteiger partial charge on any atom is 0.247 e. The molecule has 23 heavy (non-hydrogen) atoms. The largest absolute Gasteiger partial charge is 0.378 e. The molecule has 126 valence electrons.